The standard InChI is InChI=1S/C16H24N4O/c21-16(12-14-4-3-6-17-13-14)20-10-8-19(9-11-20)15-5-1-2-7-18-15/h1-2,5,7,14,17H,3-4,6,8-13H2. The molecule has 5 heteroatoms. The van der Waals surface area contributed by atoms with E-state index in [4.69, 9.17) is 0 Å². The van der Waals surface area contributed by atoms with E-state index in [-0.39, 0.29) is 0 Å². The first-order valence-corrected chi connectivity index (χ1v) is 7.97. The minimum absolute atomic E-state index is 0.323. The Morgan fingerprint density at radius 1 is 1.29 bits per heavy atom. The van der Waals surface area contributed by atoms with Gasteiger partial charge in [-0.1, -0.05) is 6.07 Å². The lowest BCUT2D eigenvalue weighted by molar-refractivity contribution is -0.132. The molecule has 1 unspecified atom stereocenters. The van der Waals surface area contributed by atoms with E-state index in [0.29, 0.717) is 18.2 Å². The highest BCUT2D eigenvalue weighted by molar-refractivity contribution is 5.76. The summed E-state index contributed by atoms with van der Waals surface area (Å²) in [7, 11) is 0. The molecule has 2 aliphatic rings. The van der Waals surface area contributed by atoms with Gasteiger partial charge in [-0.05, 0) is 44.0 Å². The molecule has 5 nitrogen and oxygen atoms in total. The molecule has 2 fully saturated rings. The van der Waals surface area contributed by atoms with Crippen molar-refractivity contribution < 1.29 is 4.79 Å². The number of amides is 1. The highest BCUT2D eigenvalue weighted by Crippen LogP contribution is 2.17. The van der Waals surface area contributed by atoms with Gasteiger partial charge in [-0.2, -0.15) is 0 Å². The minimum Gasteiger partial charge on any atom is -0.353 e. The first-order valence-electron chi connectivity index (χ1n) is 7.97. The fraction of sp³-hybridized carbons (Fsp3) is 0.625. The minimum atomic E-state index is 0.323. The van der Waals surface area contributed by atoms with E-state index in [1.807, 2.05) is 29.3 Å². The van der Waals surface area contributed by atoms with Crippen molar-refractivity contribution in [1.82, 2.24) is 15.2 Å². The van der Waals surface area contributed by atoms with Gasteiger partial charge in [0.2, 0.25) is 5.91 Å². The maximum Gasteiger partial charge on any atom is 0.223 e. The summed E-state index contributed by atoms with van der Waals surface area (Å²) in [6, 6.07) is 5.97. The number of rotatable bonds is 3. The molecule has 1 N–H and O–H groups in total. The fourth-order valence-electron chi connectivity index (χ4n) is 3.20. The number of pyridine rings is 1. The molecular formula is C16H24N4O. The summed E-state index contributed by atoms with van der Waals surface area (Å²) in [5.41, 5.74) is 0. The molecule has 1 amide bonds. The predicted molar refractivity (Wildman–Crippen MR) is 83.2 cm³/mol. The lowest BCUT2D eigenvalue weighted by Gasteiger charge is -2.36. The smallest absolute Gasteiger partial charge is 0.223 e. The van der Waals surface area contributed by atoms with Crippen molar-refractivity contribution in [2.75, 3.05) is 44.2 Å². The molecule has 3 rings (SSSR count). The lowest BCUT2D eigenvalue weighted by Crippen LogP contribution is -2.49. The second-order valence-electron chi connectivity index (χ2n) is 5.97. The zero-order valence-electron chi connectivity index (χ0n) is 12.5. The molecular weight excluding hydrogens is 264 g/mol. The highest BCUT2D eigenvalue weighted by atomic mass is 16.2. The van der Waals surface area contributed by atoms with Crippen molar-refractivity contribution in [3.63, 3.8) is 0 Å². The van der Waals surface area contributed by atoms with Crippen LogP contribution in [0.15, 0.2) is 24.4 Å². The molecule has 0 aliphatic carbocycles. The number of anilines is 1. The van der Waals surface area contributed by atoms with Crippen molar-refractivity contribution in [2.45, 2.75) is 19.3 Å². The Balaban J connectivity index is 1.47. The molecule has 0 radical (unpaired) electrons. The number of carbonyl (C=O) groups excluding carboxylic acids is 1. The summed E-state index contributed by atoms with van der Waals surface area (Å²) in [5, 5.41) is 3.38. The van der Waals surface area contributed by atoms with Crippen LogP contribution in [0.4, 0.5) is 5.82 Å². The van der Waals surface area contributed by atoms with Gasteiger partial charge in [-0.25, -0.2) is 4.98 Å². The topological polar surface area (TPSA) is 48.5 Å². The van der Waals surface area contributed by atoms with Gasteiger partial charge < -0.3 is 15.1 Å². The van der Waals surface area contributed by atoms with E-state index in [2.05, 4.69) is 15.2 Å². The second kappa shape index (κ2) is 6.89. The molecule has 1 aromatic heterocycles. The summed E-state index contributed by atoms with van der Waals surface area (Å²) in [6.07, 6.45) is 4.91. The zero-order valence-corrected chi connectivity index (χ0v) is 12.5. The predicted octanol–water partition coefficient (Wildman–Crippen LogP) is 1.12. The lowest BCUT2D eigenvalue weighted by atomic mass is 9.95. The molecule has 1 atom stereocenters. The average molecular weight is 288 g/mol. The Bertz CT molecular complexity index is 451. The van der Waals surface area contributed by atoms with Crippen LogP contribution in [-0.2, 0) is 4.79 Å². The van der Waals surface area contributed by atoms with Gasteiger partial charge in [0.05, 0.1) is 0 Å². The first kappa shape index (κ1) is 14.3. The van der Waals surface area contributed by atoms with Crippen molar-refractivity contribution in [1.29, 1.82) is 0 Å². The Morgan fingerprint density at radius 3 is 2.81 bits per heavy atom. The molecule has 0 spiro atoms. The van der Waals surface area contributed by atoms with E-state index in [1.54, 1.807) is 0 Å². The number of hydrogen-bond acceptors (Lipinski definition) is 4. The van der Waals surface area contributed by atoms with Gasteiger partial charge in [0.25, 0.3) is 0 Å². The van der Waals surface area contributed by atoms with Gasteiger partial charge in [-0.15, -0.1) is 0 Å². The molecule has 2 saturated heterocycles. The summed E-state index contributed by atoms with van der Waals surface area (Å²) < 4.78 is 0. The van der Waals surface area contributed by atoms with Gasteiger partial charge in [0, 0.05) is 38.8 Å². The van der Waals surface area contributed by atoms with Crippen LogP contribution in [0, 0.1) is 5.92 Å². The van der Waals surface area contributed by atoms with Crippen LogP contribution >= 0.6 is 0 Å². The highest BCUT2D eigenvalue weighted by Gasteiger charge is 2.24. The number of nitrogens with zero attached hydrogens (tertiary/aromatic N) is 3. The third-order valence-electron chi connectivity index (χ3n) is 4.47. The molecule has 0 saturated carbocycles. The van der Waals surface area contributed by atoms with E-state index < -0.39 is 0 Å². The van der Waals surface area contributed by atoms with Crippen LogP contribution in [0.1, 0.15) is 19.3 Å². The second-order valence-corrected chi connectivity index (χ2v) is 5.97. The van der Waals surface area contributed by atoms with Gasteiger partial charge in [0.15, 0.2) is 0 Å². The Kier molecular flexibility index (Phi) is 4.70. The van der Waals surface area contributed by atoms with Gasteiger partial charge in [-0.3, -0.25) is 4.79 Å². The first-order chi connectivity index (χ1) is 10.3. The number of hydrogen-bond donors (Lipinski definition) is 1. The summed E-state index contributed by atoms with van der Waals surface area (Å²) in [6.45, 7) is 5.50. The summed E-state index contributed by atoms with van der Waals surface area (Å²) in [4.78, 5) is 21.0. The van der Waals surface area contributed by atoms with E-state index in [9.17, 15) is 4.79 Å². The largest absolute Gasteiger partial charge is 0.353 e. The van der Waals surface area contributed by atoms with E-state index in [0.717, 1.165) is 45.1 Å². The number of carbonyl (C=O) groups is 1. The van der Waals surface area contributed by atoms with Crippen LogP contribution in [0.2, 0.25) is 0 Å². The third-order valence-corrected chi connectivity index (χ3v) is 4.47. The maximum absolute atomic E-state index is 12.4. The Hall–Kier alpha value is -1.62. The average Bonchev–Trinajstić information content (AvgIpc) is 2.57. The Morgan fingerprint density at radius 2 is 2.14 bits per heavy atom. The van der Waals surface area contributed by atoms with E-state index >= 15 is 0 Å². The van der Waals surface area contributed by atoms with Crippen LogP contribution in [0.25, 0.3) is 0 Å². The molecule has 21 heavy (non-hydrogen) atoms. The van der Waals surface area contributed by atoms with Crippen molar-refractivity contribution in [2.24, 2.45) is 5.92 Å². The summed E-state index contributed by atoms with van der Waals surface area (Å²) in [5.74, 6) is 1.87. The number of piperazine rings is 1. The monoisotopic (exact) mass is 288 g/mol. The molecule has 2 aliphatic heterocycles. The van der Waals surface area contributed by atoms with Gasteiger partial charge >= 0.3 is 0 Å². The Labute approximate surface area is 126 Å². The molecule has 1 aromatic rings. The normalized spacial score (nSPS) is 23.1. The summed E-state index contributed by atoms with van der Waals surface area (Å²) >= 11 is 0. The van der Waals surface area contributed by atoms with E-state index in [1.165, 1.54) is 12.8 Å². The van der Waals surface area contributed by atoms with Crippen LogP contribution < -0.4 is 10.2 Å². The quantitative estimate of drug-likeness (QED) is 0.905. The number of piperidine rings is 1. The molecule has 3 heterocycles. The van der Waals surface area contributed by atoms with Crippen LogP contribution in [0.5, 0.6) is 0 Å². The van der Waals surface area contributed by atoms with Crippen molar-refractivity contribution in [3.05, 3.63) is 24.4 Å². The molecule has 0 bridgehead atoms. The number of nitrogens with one attached hydrogen (secondary N) is 1. The number of aromatic nitrogens is 1. The van der Waals surface area contributed by atoms with Crippen LogP contribution in [-0.4, -0.2) is 55.1 Å². The van der Waals surface area contributed by atoms with Crippen LogP contribution in [0.3, 0.4) is 0 Å². The van der Waals surface area contributed by atoms with Crippen molar-refractivity contribution >= 4 is 11.7 Å². The third kappa shape index (κ3) is 3.73. The fourth-order valence-corrected chi connectivity index (χ4v) is 3.20. The van der Waals surface area contributed by atoms with Crippen molar-refractivity contribution in [3.8, 4) is 0 Å². The SMILES string of the molecule is O=C(CC1CCCNC1)N1CCN(c2ccccn2)CC1. The van der Waals surface area contributed by atoms with Gasteiger partial charge in [0.1, 0.15) is 5.82 Å². The maximum atomic E-state index is 12.4. The zero-order chi connectivity index (χ0) is 14.5. The molecule has 114 valence electrons. The molecule has 0 aromatic carbocycles.